The summed E-state index contributed by atoms with van der Waals surface area (Å²) in [4.78, 5) is 2.46. The number of para-hydroxylation sites is 1. The third-order valence-corrected chi connectivity index (χ3v) is 7.94. The predicted molar refractivity (Wildman–Crippen MR) is 124 cm³/mol. The SMILES string of the molecule is O=S(=O)(c1ccc2ccccc2c1)N1CCN(Cn2nnn(-c3ccccc3)c2=S)CC1. The highest BCUT2D eigenvalue weighted by Crippen LogP contribution is 2.23. The van der Waals surface area contributed by atoms with Crippen molar-refractivity contribution in [3.8, 4) is 5.69 Å². The monoisotopic (exact) mass is 466 g/mol. The highest BCUT2D eigenvalue weighted by molar-refractivity contribution is 7.89. The van der Waals surface area contributed by atoms with Crippen LogP contribution in [0.3, 0.4) is 0 Å². The van der Waals surface area contributed by atoms with Gasteiger partial charge in [-0.2, -0.15) is 8.99 Å². The summed E-state index contributed by atoms with van der Waals surface area (Å²) in [5, 5.41) is 10.3. The molecular formula is C22H22N6O2S2. The maximum Gasteiger partial charge on any atom is 0.243 e. The molecule has 1 aliphatic rings. The second kappa shape index (κ2) is 8.55. The van der Waals surface area contributed by atoms with Crippen molar-refractivity contribution in [1.29, 1.82) is 0 Å². The standard InChI is InChI=1S/C22H22N6O2S2/c29-32(30,21-11-10-18-6-4-5-7-19(18)16-21)26-14-12-25(13-15-26)17-27-22(31)28(24-23-27)20-8-2-1-3-9-20/h1-11,16H,12-15,17H2. The molecule has 1 aliphatic heterocycles. The minimum atomic E-state index is -3.54. The van der Waals surface area contributed by atoms with Gasteiger partial charge in [-0.3, -0.25) is 4.90 Å². The minimum absolute atomic E-state index is 0.331. The van der Waals surface area contributed by atoms with E-state index in [1.165, 1.54) is 0 Å². The molecule has 0 radical (unpaired) electrons. The number of rotatable bonds is 5. The summed E-state index contributed by atoms with van der Waals surface area (Å²) in [6, 6.07) is 22.7. The lowest BCUT2D eigenvalue weighted by molar-refractivity contribution is 0.144. The molecule has 1 saturated heterocycles. The summed E-state index contributed by atoms with van der Waals surface area (Å²) in [5.41, 5.74) is 0.857. The maximum absolute atomic E-state index is 13.2. The number of aromatic nitrogens is 4. The number of piperazine rings is 1. The molecule has 0 N–H and O–H groups in total. The predicted octanol–water partition coefficient (Wildman–Crippen LogP) is 2.92. The lowest BCUT2D eigenvalue weighted by Crippen LogP contribution is -2.48. The number of nitrogens with zero attached hydrogens (tertiary/aromatic N) is 6. The van der Waals surface area contributed by atoms with Crippen LogP contribution < -0.4 is 0 Å². The molecule has 4 aromatic rings. The minimum Gasteiger partial charge on any atom is -0.282 e. The van der Waals surface area contributed by atoms with E-state index in [2.05, 4.69) is 15.3 Å². The molecule has 1 fully saturated rings. The summed E-state index contributed by atoms with van der Waals surface area (Å²) >= 11 is 5.53. The van der Waals surface area contributed by atoms with Gasteiger partial charge in [0.2, 0.25) is 14.8 Å². The zero-order valence-corrected chi connectivity index (χ0v) is 18.9. The Balaban J connectivity index is 1.27. The Labute approximate surface area is 191 Å². The van der Waals surface area contributed by atoms with Gasteiger partial charge in [-0.25, -0.2) is 13.1 Å². The number of tetrazole rings is 1. The maximum atomic E-state index is 13.2. The van der Waals surface area contributed by atoms with E-state index < -0.39 is 10.0 Å². The van der Waals surface area contributed by atoms with Crippen LogP contribution in [-0.2, 0) is 16.7 Å². The average Bonchev–Trinajstić information content (AvgIpc) is 3.19. The number of benzene rings is 3. The first-order valence-electron chi connectivity index (χ1n) is 10.3. The molecule has 0 saturated carbocycles. The third kappa shape index (κ3) is 3.97. The highest BCUT2D eigenvalue weighted by atomic mass is 32.2. The van der Waals surface area contributed by atoms with Crippen molar-refractivity contribution in [2.75, 3.05) is 26.2 Å². The zero-order chi connectivity index (χ0) is 22.1. The Morgan fingerprint density at radius 2 is 1.50 bits per heavy atom. The summed E-state index contributed by atoms with van der Waals surface area (Å²) in [5.74, 6) is 0. The first kappa shape index (κ1) is 21.0. The van der Waals surface area contributed by atoms with Crippen LogP contribution in [0, 0.1) is 4.77 Å². The number of hydrogen-bond donors (Lipinski definition) is 0. The van der Waals surface area contributed by atoms with Gasteiger partial charge in [0.15, 0.2) is 0 Å². The largest absolute Gasteiger partial charge is 0.282 e. The van der Waals surface area contributed by atoms with Crippen LogP contribution in [-0.4, -0.2) is 63.6 Å². The van der Waals surface area contributed by atoms with Gasteiger partial charge in [0.05, 0.1) is 17.3 Å². The number of hydrogen-bond acceptors (Lipinski definition) is 6. The quantitative estimate of drug-likeness (QED) is 0.421. The van der Waals surface area contributed by atoms with Gasteiger partial charge in [0.25, 0.3) is 0 Å². The van der Waals surface area contributed by atoms with E-state index in [1.807, 2.05) is 60.7 Å². The van der Waals surface area contributed by atoms with Crippen molar-refractivity contribution < 1.29 is 8.42 Å². The van der Waals surface area contributed by atoms with E-state index >= 15 is 0 Å². The Morgan fingerprint density at radius 3 is 2.25 bits per heavy atom. The first-order chi connectivity index (χ1) is 15.5. The third-order valence-electron chi connectivity index (χ3n) is 5.66. The van der Waals surface area contributed by atoms with Crippen molar-refractivity contribution in [1.82, 2.24) is 29.0 Å². The normalized spacial score (nSPS) is 15.9. The Morgan fingerprint density at radius 1 is 0.812 bits per heavy atom. The summed E-state index contributed by atoms with van der Waals surface area (Å²) in [7, 11) is -3.54. The van der Waals surface area contributed by atoms with Crippen molar-refractivity contribution in [3.05, 3.63) is 77.6 Å². The number of fused-ring (bicyclic) bond motifs is 1. The molecule has 0 aliphatic carbocycles. The van der Waals surface area contributed by atoms with Gasteiger partial charge < -0.3 is 0 Å². The van der Waals surface area contributed by atoms with Crippen LogP contribution in [0.5, 0.6) is 0 Å². The molecule has 0 amide bonds. The fourth-order valence-electron chi connectivity index (χ4n) is 3.87. The molecular weight excluding hydrogens is 444 g/mol. The molecule has 32 heavy (non-hydrogen) atoms. The van der Waals surface area contributed by atoms with Crippen molar-refractivity contribution in [2.45, 2.75) is 11.6 Å². The van der Waals surface area contributed by atoms with Crippen LogP contribution in [0.15, 0.2) is 77.7 Å². The molecule has 0 atom stereocenters. The fourth-order valence-corrected chi connectivity index (χ4v) is 5.57. The average molecular weight is 467 g/mol. The van der Waals surface area contributed by atoms with Gasteiger partial charge in [0.1, 0.15) is 0 Å². The molecule has 8 nitrogen and oxygen atoms in total. The summed E-state index contributed by atoms with van der Waals surface area (Å²) < 4.78 is 31.7. The number of sulfonamides is 1. The smallest absolute Gasteiger partial charge is 0.243 e. The molecule has 3 aromatic carbocycles. The first-order valence-corrected chi connectivity index (χ1v) is 12.2. The molecule has 164 valence electrons. The molecule has 0 spiro atoms. The summed E-state index contributed by atoms with van der Waals surface area (Å²) in [6.07, 6.45) is 0. The van der Waals surface area contributed by atoms with Gasteiger partial charge in [-0.05, 0) is 57.7 Å². The van der Waals surface area contributed by atoms with Gasteiger partial charge in [-0.1, -0.05) is 48.5 Å². The van der Waals surface area contributed by atoms with Crippen LogP contribution >= 0.6 is 12.2 Å². The Hall–Kier alpha value is -2.92. The molecule has 1 aromatic heterocycles. The lowest BCUT2D eigenvalue weighted by atomic mass is 10.1. The van der Waals surface area contributed by atoms with Crippen molar-refractivity contribution in [2.24, 2.45) is 0 Å². The van der Waals surface area contributed by atoms with Crippen LogP contribution in [0.2, 0.25) is 0 Å². The Bertz CT molecular complexity index is 1410. The van der Waals surface area contributed by atoms with E-state index in [0.29, 0.717) is 42.5 Å². The van der Waals surface area contributed by atoms with Crippen LogP contribution in [0.1, 0.15) is 0 Å². The zero-order valence-electron chi connectivity index (χ0n) is 17.3. The van der Waals surface area contributed by atoms with Gasteiger partial charge >= 0.3 is 0 Å². The van der Waals surface area contributed by atoms with Gasteiger partial charge in [-0.15, -0.1) is 0 Å². The van der Waals surface area contributed by atoms with Crippen molar-refractivity contribution >= 4 is 33.0 Å². The van der Waals surface area contributed by atoms with Crippen LogP contribution in [0.4, 0.5) is 0 Å². The van der Waals surface area contributed by atoms with Crippen LogP contribution in [0.25, 0.3) is 16.5 Å². The van der Waals surface area contributed by atoms with E-state index in [0.717, 1.165) is 16.5 Å². The molecule has 5 rings (SSSR count). The second-order valence-electron chi connectivity index (χ2n) is 7.68. The second-order valence-corrected chi connectivity index (χ2v) is 9.98. The van der Waals surface area contributed by atoms with E-state index in [1.54, 1.807) is 25.8 Å². The highest BCUT2D eigenvalue weighted by Gasteiger charge is 2.29. The van der Waals surface area contributed by atoms with E-state index in [9.17, 15) is 8.42 Å². The van der Waals surface area contributed by atoms with Crippen molar-refractivity contribution in [3.63, 3.8) is 0 Å². The van der Waals surface area contributed by atoms with Gasteiger partial charge in [0, 0.05) is 26.2 Å². The molecule has 0 unspecified atom stereocenters. The van der Waals surface area contributed by atoms with E-state index in [-0.39, 0.29) is 0 Å². The summed E-state index contributed by atoms with van der Waals surface area (Å²) in [6.45, 7) is 2.47. The molecule has 0 bridgehead atoms. The topological polar surface area (TPSA) is 76.3 Å². The lowest BCUT2D eigenvalue weighted by Gasteiger charge is -2.33. The fraction of sp³-hybridized carbons (Fsp3) is 0.227. The molecule has 10 heteroatoms. The Kier molecular flexibility index (Phi) is 5.60. The molecule has 2 heterocycles. The van der Waals surface area contributed by atoms with E-state index in [4.69, 9.17) is 12.2 Å².